The molecular weight excluding hydrogens is 322 g/mol. The lowest BCUT2D eigenvalue weighted by molar-refractivity contribution is -1.00. The van der Waals surface area contributed by atoms with Gasteiger partial charge in [0.2, 0.25) is 0 Å². The number of nitrogens with one attached hydrogen (secondary N) is 2. The first kappa shape index (κ1) is 20.3. The minimum atomic E-state index is -2.52. The van der Waals surface area contributed by atoms with Gasteiger partial charge in [0.1, 0.15) is 26.2 Å². The zero-order valence-corrected chi connectivity index (χ0v) is 16.7. The second-order valence-corrected chi connectivity index (χ2v) is 12.3. The predicted molar refractivity (Wildman–Crippen MR) is 90.6 cm³/mol. The average molecular weight is 356 g/mol. The van der Waals surface area contributed by atoms with Gasteiger partial charge in [0.25, 0.3) is 14.7 Å². The summed E-state index contributed by atoms with van der Waals surface area (Å²) in [6.45, 7) is 14.9. The number of rotatable bonds is 8. The van der Waals surface area contributed by atoms with Crippen molar-refractivity contribution in [1.29, 1.82) is 0 Å². The Balaban J connectivity index is 2.40. The standard InChI is InChI=1S/C14H32N2O4P2/c1-13(2)19-21(5,17)11-15-7-9-16(10-8-15)12-22(6,18)20-14(3)4/h13-14H,7-12H2,1-6H3/p+2/t21-,22-/m0/s1. The molecule has 0 amide bonds. The third-order valence-corrected chi connectivity index (χ3v) is 7.33. The molecule has 0 radical (unpaired) electrons. The fourth-order valence-electron chi connectivity index (χ4n) is 3.05. The number of hydrogen-bond acceptors (Lipinski definition) is 4. The fraction of sp³-hybridized carbons (Fsp3) is 1.00. The van der Waals surface area contributed by atoms with Crippen LogP contribution < -0.4 is 9.80 Å². The van der Waals surface area contributed by atoms with Crippen LogP contribution in [0, 0.1) is 0 Å². The van der Waals surface area contributed by atoms with Crippen molar-refractivity contribution in [2.45, 2.75) is 39.9 Å². The van der Waals surface area contributed by atoms with Crippen molar-refractivity contribution in [2.75, 3.05) is 52.1 Å². The predicted octanol–water partition coefficient (Wildman–Crippen LogP) is 0.351. The lowest BCUT2D eigenvalue weighted by Gasteiger charge is -2.32. The minimum absolute atomic E-state index is 0.00120. The van der Waals surface area contributed by atoms with Crippen LogP contribution in [0.1, 0.15) is 27.7 Å². The highest BCUT2D eigenvalue weighted by molar-refractivity contribution is 7.58. The first-order chi connectivity index (χ1) is 9.99. The van der Waals surface area contributed by atoms with E-state index in [4.69, 9.17) is 9.05 Å². The maximum absolute atomic E-state index is 12.4. The third-order valence-electron chi connectivity index (χ3n) is 3.55. The van der Waals surface area contributed by atoms with Gasteiger partial charge >= 0.3 is 0 Å². The van der Waals surface area contributed by atoms with Gasteiger partial charge in [-0.2, -0.15) is 0 Å². The molecule has 132 valence electrons. The molecule has 0 unspecified atom stereocenters. The summed E-state index contributed by atoms with van der Waals surface area (Å²) >= 11 is 0. The summed E-state index contributed by atoms with van der Waals surface area (Å²) in [6, 6.07) is 0. The topological polar surface area (TPSA) is 61.5 Å². The van der Waals surface area contributed by atoms with Crippen LogP contribution in [0.15, 0.2) is 0 Å². The minimum Gasteiger partial charge on any atom is -0.322 e. The van der Waals surface area contributed by atoms with Crippen LogP contribution in [0.5, 0.6) is 0 Å². The first-order valence-corrected chi connectivity index (χ1v) is 12.7. The Morgan fingerprint density at radius 1 is 0.773 bits per heavy atom. The molecule has 8 heteroatoms. The molecule has 0 spiro atoms. The van der Waals surface area contributed by atoms with Crippen LogP contribution >= 0.6 is 14.7 Å². The smallest absolute Gasteiger partial charge is 0.252 e. The molecule has 1 rings (SSSR count). The summed E-state index contributed by atoms with van der Waals surface area (Å²) in [5.41, 5.74) is 0. The first-order valence-electron chi connectivity index (χ1n) is 8.16. The average Bonchev–Trinajstić information content (AvgIpc) is 2.27. The molecule has 0 aromatic carbocycles. The third kappa shape index (κ3) is 8.24. The zero-order chi connectivity index (χ0) is 17.0. The highest BCUT2D eigenvalue weighted by atomic mass is 31.2. The van der Waals surface area contributed by atoms with Crippen LogP contribution in [-0.4, -0.2) is 64.3 Å². The normalized spacial score (nSPS) is 28.5. The highest BCUT2D eigenvalue weighted by Gasteiger charge is 2.33. The molecule has 1 aliphatic rings. The van der Waals surface area contributed by atoms with Gasteiger partial charge in [-0.05, 0) is 27.7 Å². The summed E-state index contributed by atoms with van der Waals surface area (Å²) in [7, 11) is -5.04. The maximum atomic E-state index is 12.4. The molecule has 0 aromatic rings. The van der Waals surface area contributed by atoms with E-state index >= 15 is 0 Å². The molecule has 1 saturated heterocycles. The van der Waals surface area contributed by atoms with Crippen molar-refractivity contribution in [3.63, 3.8) is 0 Å². The molecule has 0 saturated carbocycles. The molecule has 22 heavy (non-hydrogen) atoms. The van der Waals surface area contributed by atoms with Crippen molar-refractivity contribution in [3.8, 4) is 0 Å². The van der Waals surface area contributed by atoms with E-state index in [1.165, 1.54) is 9.80 Å². The summed E-state index contributed by atoms with van der Waals surface area (Å²) in [4.78, 5) is 2.65. The largest absolute Gasteiger partial charge is 0.322 e. The van der Waals surface area contributed by atoms with Crippen LogP contribution in [-0.2, 0) is 18.2 Å². The maximum Gasteiger partial charge on any atom is 0.252 e. The Morgan fingerprint density at radius 2 is 1.05 bits per heavy atom. The van der Waals surface area contributed by atoms with E-state index in [-0.39, 0.29) is 12.2 Å². The Morgan fingerprint density at radius 3 is 1.27 bits per heavy atom. The van der Waals surface area contributed by atoms with E-state index < -0.39 is 14.7 Å². The van der Waals surface area contributed by atoms with E-state index in [0.29, 0.717) is 12.6 Å². The SMILES string of the molecule is CC(C)O[P@](C)(=O)C[NH+]1CC[NH+](C[P@@](C)(=O)OC(C)C)CC1. The number of quaternary nitrogens is 2. The quantitative estimate of drug-likeness (QED) is 0.616. The molecule has 2 atom stereocenters. The van der Waals surface area contributed by atoms with E-state index in [1.807, 2.05) is 27.7 Å². The van der Waals surface area contributed by atoms with Crippen molar-refractivity contribution in [1.82, 2.24) is 0 Å². The summed E-state index contributed by atoms with van der Waals surface area (Å²) in [5.74, 6) is 0. The van der Waals surface area contributed by atoms with Crippen molar-refractivity contribution >= 4 is 14.7 Å². The Hall–Kier alpha value is 0.300. The van der Waals surface area contributed by atoms with Crippen LogP contribution in [0.25, 0.3) is 0 Å². The number of hydrogen-bond donors (Lipinski definition) is 2. The molecule has 1 heterocycles. The van der Waals surface area contributed by atoms with E-state index in [1.54, 1.807) is 13.3 Å². The van der Waals surface area contributed by atoms with E-state index in [0.717, 1.165) is 26.2 Å². The second-order valence-electron chi connectivity index (χ2n) is 7.15. The van der Waals surface area contributed by atoms with Gasteiger partial charge in [-0.15, -0.1) is 0 Å². The van der Waals surface area contributed by atoms with Gasteiger partial charge in [0.05, 0.1) is 12.2 Å². The Labute approximate surface area is 135 Å². The van der Waals surface area contributed by atoms with Crippen LogP contribution in [0.2, 0.25) is 0 Å². The Kier molecular flexibility index (Phi) is 7.78. The lowest BCUT2D eigenvalue weighted by Crippen LogP contribution is -3.28. The van der Waals surface area contributed by atoms with Gasteiger partial charge in [-0.3, -0.25) is 9.13 Å². The second kappa shape index (κ2) is 8.41. The van der Waals surface area contributed by atoms with Gasteiger partial charge in [-0.1, -0.05) is 0 Å². The summed E-state index contributed by atoms with van der Waals surface area (Å²) in [5, 5.41) is 0. The molecule has 0 aromatic heterocycles. The molecular formula is C14H34N2O4P2+2. The van der Waals surface area contributed by atoms with Crippen molar-refractivity contribution in [3.05, 3.63) is 0 Å². The zero-order valence-electron chi connectivity index (χ0n) is 14.9. The van der Waals surface area contributed by atoms with Gasteiger partial charge in [-0.25, -0.2) is 0 Å². The molecule has 1 fully saturated rings. The summed E-state index contributed by atoms with van der Waals surface area (Å²) in [6.07, 6.45) is 1.18. The molecule has 1 aliphatic heterocycles. The van der Waals surface area contributed by atoms with Crippen molar-refractivity contribution in [2.24, 2.45) is 0 Å². The van der Waals surface area contributed by atoms with Gasteiger partial charge < -0.3 is 18.8 Å². The van der Waals surface area contributed by atoms with Gasteiger partial charge in [0, 0.05) is 13.3 Å². The fourth-order valence-corrected chi connectivity index (χ4v) is 7.24. The van der Waals surface area contributed by atoms with E-state index in [9.17, 15) is 9.13 Å². The molecule has 2 N–H and O–H groups in total. The van der Waals surface area contributed by atoms with Crippen LogP contribution in [0.3, 0.4) is 0 Å². The summed E-state index contributed by atoms with van der Waals surface area (Å²) < 4.78 is 35.9. The van der Waals surface area contributed by atoms with Crippen LogP contribution in [0.4, 0.5) is 0 Å². The highest BCUT2D eigenvalue weighted by Crippen LogP contribution is 2.42. The van der Waals surface area contributed by atoms with Crippen molar-refractivity contribution < 1.29 is 28.0 Å². The van der Waals surface area contributed by atoms with Gasteiger partial charge in [0.15, 0.2) is 12.6 Å². The lowest BCUT2D eigenvalue weighted by atomic mass is 10.4. The van der Waals surface area contributed by atoms with E-state index in [2.05, 4.69) is 0 Å². The monoisotopic (exact) mass is 356 g/mol. The molecule has 6 nitrogen and oxygen atoms in total. The molecule has 0 bridgehead atoms. The number of piperazine rings is 1. The molecule has 0 aliphatic carbocycles. The Bertz CT molecular complexity index is 395.